The van der Waals surface area contributed by atoms with E-state index >= 15 is 0 Å². The number of rotatable bonds is 10. The molecule has 0 spiro atoms. The Morgan fingerprint density at radius 1 is 1.17 bits per heavy atom. The van der Waals surface area contributed by atoms with Crippen LogP contribution in [0.15, 0.2) is 30.5 Å². The molecule has 0 bridgehead atoms. The van der Waals surface area contributed by atoms with Gasteiger partial charge in [-0.15, -0.1) is 0 Å². The van der Waals surface area contributed by atoms with Crippen LogP contribution in [0.5, 0.6) is 5.88 Å². The maximum Gasteiger partial charge on any atom is 0.341 e. The summed E-state index contributed by atoms with van der Waals surface area (Å²) >= 11 is 0. The molecule has 0 radical (unpaired) electrons. The fourth-order valence-corrected chi connectivity index (χ4v) is 5.43. The average Bonchev–Trinajstić information content (AvgIpc) is 3.15. The topological polar surface area (TPSA) is 124 Å². The number of nitrogens with two attached hydrogens (primary N) is 1. The number of aromatic nitrogens is 2. The summed E-state index contributed by atoms with van der Waals surface area (Å²) in [6.45, 7) is 3.05. The number of primary amides is 1. The summed E-state index contributed by atoms with van der Waals surface area (Å²) in [6.07, 6.45) is 10.3. The van der Waals surface area contributed by atoms with E-state index < -0.39 is 24.3 Å². The van der Waals surface area contributed by atoms with Crippen LogP contribution in [0.25, 0.3) is 5.52 Å². The van der Waals surface area contributed by atoms with E-state index in [1.54, 1.807) is 13.1 Å². The molecule has 3 N–H and O–H groups in total. The molecule has 2 heterocycles. The van der Waals surface area contributed by atoms with Crippen molar-refractivity contribution < 1.29 is 24.2 Å². The Labute approximate surface area is 210 Å². The van der Waals surface area contributed by atoms with Crippen molar-refractivity contribution in [3.05, 3.63) is 64.1 Å². The number of benzene rings is 1. The summed E-state index contributed by atoms with van der Waals surface area (Å²) in [5.74, 6) is -2.38. The molecule has 1 fully saturated rings. The standard InChI is InChI=1S/C28H33N3O5/c1-3-21-22(14-20-11-7-10-19(13-20)12-18-8-5-4-6-9-18)31-15-17(2)30-28(36-16-23(32)33)25(31)24(21)26(34)27(29)35/h7,10-11,13,15,18H,3-6,8-9,12,14,16H2,1-2H3,(H2,29,35)(H,32,33). The lowest BCUT2D eigenvalue weighted by molar-refractivity contribution is -0.139. The van der Waals surface area contributed by atoms with Crippen molar-refractivity contribution in [1.29, 1.82) is 0 Å². The van der Waals surface area contributed by atoms with E-state index in [2.05, 4.69) is 29.2 Å². The number of aliphatic carboxylic acids is 1. The number of hydrogen-bond acceptors (Lipinski definition) is 5. The van der Waals surface area contributed by atoms with Crippen LogP contribution in [0, 0.1) is 12.8 Å². The zero-order valence-electron chi connectivity index (χ0n) is 20.9. The maximum atomic E-state index is 13.0. The molecule has 2 aromatic heterocycles. The lowest BCUT2D eigenvalue weighted by Crippen LogP contribution is -2.24. The first-order valence-electron chi connectivity index (χ1n) is 12.6. The van der Waals surface area contributed by atoms with Crippen molar-refractivity contribution in [3.63, 3.8) is 0 Å². The van der Waals surface area contributed by atoms with E-state index in [1.807, 2.05) is 11.3 Å². The number of carbonyl (C=O) groups excluding carboxylic acids is 2. The van der Waals surface area contributed by atoms with E-state index in [4.69, 9.17) is 15.6 Å². The number of amides is 1. The van der Waals surface area contributed by atoms with Crippen LogP contribution in [0.2, 0.25) is 0 Å². The molecule has 1 saturated carbocycles. The molecule has 1 amide bonds. The quantitative estimate of drug-likeness (QED) is 0.326. The molecule has 0 unspecified atom stereocenters. The molecule has 3 aromatic rings. The summed E-state index contributed by atoms with van der Waals surface area (Å²) in [5.41, 5.74) is 10.3. The summed E-state index contributed by atoms with van der Waals surface area (Å²) in [7, 11) is 0. The summed E-state index contributed by atoms with van der Waals surface area (Å²) in [5, 5.41) is 9.13. The fraction of sp³-hybridized carbons (Fsp3) is 0.429. The molecule has 1 aliphatic rings. The van der Waals surface area contributed by atoms with Gasteiger partial charge < -0.3 is 20.0 Å². The second-order valence-electron chi connectivity index (χ2n) is 9.64. The van der Waals surface area contributed by atoms with Crippen LogP contribution in [-0.2, 0) is 28.9 Å². The maximum absolute atomic E-state index is 13.0. The monoisotopic (exact) mass is 491 g/mol. The van der Waals surface area contributed by atoms with Crippen LogP contribution in [-0.4, -0.2) is 38.8 Å². The highest BCUT2D eigenvalue weighted by atomic mass is 16.5. The fourth-order valence-electron chi connectivity index (χ4n) is 5.43. The van der Waals surface area contributed by atoms with Crippen molar-refractivity contribution >= 4 is 23.2 Å². The number of aryl methyl sites for hydroxylation is 1. The van der Waals surface area contributed by atoms with Gasteiger partial charge in [0.05, 0.1) is 11.3 Å². The Hall–Kier alpha value is -3.68. The number of Topliss-reactive ketones (excluding diaryl/α,β-unsaturated/α-hetero) is 1. The van der Waals surface area contributed by atoms with Crippen LogP contribution >= 0.6 is 0 Å². The highest BCUT2D eigenvalue weighted by molar-refractivity contribution is 6.44. The molecule has 8 heteroatoms. The summed E-state index contributed by atoms with van der Waals surface area (Å²) in [4.78, 5) is 40.4. The number of nitrogens with zero attached hydrogens (tertiary/aromatic N) is 2. The van der Waals surface area contributed by atoms with E-state index in [9.17, 15) is 14.4 Å². The van der Waals surface area contributed by atoms with Crippen LogP contribution in [0.4, 0.5) is 0 Å². The summed E-state index contributed by atoms with van der Waals surface area (Å²) in [6, 6.07) is 8.52. The van der Waals surface area contributed by atoms with E-state index in [-0.39, 0.29) is 17.0 Å². The van der Waals surface area contributed by atoms with Gasteiger partial charge in [-0.25, -0.2) is 9.78 Å². The van der Waals surface area contributed by atoms with Gasteiger partial charge in [-0.2, -0.15) is 0 Å². The number of carbonyl (C=O) groups is 3. The predicted molar refractivity (Wildman–Crippen MR) is 135 cm³/mol. The van der Waals surface area contributed by atoms with Gasteiger partial charge in [-0.1, -0.05) is 63.3 Å². The minimum absolute atomic E-state index is 0.00556. The number of fused-ring (bicyclic) bond motifs is 1. The number of ether oxygens (including phenoxy) is 1. The highest BCUT2D eigenvalue weighted by Crippen LogP contribution is 2.33. The third kappa shape index (κ3) is 5.42. The number of hydrogen-bond donors (Lipinski definition) is 2. The Kier molecular flexibility index (Phi) is 7.72. The van der Waals surface area contributed by atoms with Gasteiger partial charge in [0.15, 0.2) is 6.61 Å². The van der Waals surface area contributed by atoms with Crippen LogP contribution in [0.3, 0.4) is 0 Å². The van der Waals surface area contributed by atoms with Crippen molar-refractivity contribution in [2.45, 2.75) is 65.2 Å². The van der Waals surface area contributed by atoms with E-state index in [1.165, 1.54) is 37.7 Å². The second kappa shape index (κ2) is 10.9. The van der Waals surface area contributed by atoms with Crippen molar-refractivity contribution in [2.75, 3.05) is 6.61 Å². The first-order chi connectivity index (χ1) is 17.3. The van der Waals surface area contributed by atoms with Gasteiger partial charge in [-0.3, -0.25) is 9.59 Å². The molecule has 0 atom stereocenters. The smallest absolute Gasteiger partial charge is 0.341 e. The molecule has 8 nitrogen and oxygen atoms in total. The van der Waals surface area contributed by atoms with E-state index in [0.29, 0.717) is 24.1 Å². The normalized spacial score (nSPS) is 14.2. The SMILES string of the molecule is CCc1c(C(=O)C(N)=O)c2c(OCC(=O)O)nc(C)cn2c1Cc1cccc(CC2CCCCC2)c1. The molecule has 1 aromatic carbocycles. The minimum Gasteiger partial charge on any atom is -0.479 e. The van der Waals surface area contributed by atoms with Crippen LogP contribution < -0.4 is 10.5 Å². The minimum atomic E-state index is -1.17. The van der Waals surface area contributed by atoms with Gasteiger partial charge in [0.1, 0.15) is 5.52 Å². The predicted octanol–water partition coefficient (Wildman–Crippen LogP) is 4.05. The molecule has 0 aliphatic heterocycles. The Morgan fingerprint density at radius 2 is 1.89 bits per heavy atom. The molecule has 36 heavy (non-hydrogen) atoms. The zero-order chi connectivity index (χ0) is 25.8. The lowest BCUT2D eigenvalue weighted by Gasteiger charge is -2.21. The first kappa shape index (κ1) is 25.4. The first-order valence-corrected chi connectivity index (χ1v) is 12.6. The third-order valence-corrected chi connectivity index (χ3v) is 6.96. The van der Waals surface area contributed by atoms with Crippen molar-refractivity contribution in [3.8, 4) is 5.88 Å². The Bertz CT molecular complexity index is 1300. The van der Waals surface area contributed by atoms with E-state index in [0.717, 1.165) is 23.6 Å². The summed E-state index contributed by atoms with van der Waals surface area (Å²) < 4.78 is 7.27. The second-order valence-corrected chi connectivity index (χ2v) is 9.64. The molecule has 190 valence electrons. The molecule has 4 rings (SSSR count). The van der Waals surface area contributed by atoms with Crippen LogP contribution in [0.1, 0.15) is 77.5 Å². The average molecular weight is 492 g/mol. The third-order valence-electron chi connectivity index (χ3n) is 6.96. The molecule has 0 saturated heterocycles. The number of carboxylic acid groups (broad SMARTS) is 1. The molecular weight excluding hydrogens is 458 g/mol. The number of carboxylic acids is 1. The zero-order valence-corrected chi connectivity index (χ0v) is 20.9. The molecule has 1 aliphatic carbocycles. The molecular formula is C28H33N3O5. The van der Waals surface area contributed by atoms with Gasteiger partial charge in [-0.05, 0) is 42.4 Å². The largest absolute Gasteiger partial charge is 0.479 e. The highest BCUT2D eigenvalue weighted by Gasteiger charge is 2.29. The number of ketones is 1. The van der Waals surface area contributed by atoms with Crippen molar-refractivity contribution in [1.82, 2.24) is 9.38 Å². The van der Waals surface area contributed by atoms with Gasteiger partial charge in [0.2, 0.25) is 5.88 Å². The Balaban J connectivity index is 1.80. The van der Waals surface area contributed by atoms with Gasteiger partial charge >= 0.3 is 5.97 Å². The lowest BCUT2D eigenvalue weighted by atomic mass is 9.84. The Morgan fingerprint density at radius 3 is 2.56 bits per heavy atom. The van der Waals surface area contributed by atoms with Crippen molar-refractivity contribution in [2.24, 2.45) is 11.7 Å². The van der Waals surface area contributed by atoms with Gasteiger partial charge in [0, 0.05) is 18.3 Å². The van der Waals surface area contributed by atoms with Gasteiger partial charge in [0.25, 0.3) is 11.7 Å².